The van der Waals surface area contributed by atoms with Gasteiger partial charge in [0.25, 0.3) is 0 Å². The number of anilines is 1. The third kappa shape index (κ3) is 4.03. The number of amides is 1. The second kappa shape index (κ2) is 6.66. The van der Waals surface area contributed by atoms with Crippen LogP contribution in [0.15, 0.2) is 24.3 Å². The molecule has 1 aliphatic rings. The fourth-order valence-electron chi connectivity index (χ4n) is 2.65. The van der Waals surface area contributed by atoms with E-state index in [1.807, 2.05) is 24.3 Å². The van der Waals surface area contributed by atoms with Crippen molar-refractivity contribution >= 4 is 28.8 Å². The molecule has 2 rings (SSSR count). The number of thiocarbonyl (C=S) groups is 1. The van der Waals surface area contributed by atoms with E-state index < -0.39 is 0 Å². The lowest BCUT2D eigenvalue weighted by Gasteiger charge is -2.11. The van der Waals surface area contributed by atoms with Crippen LogP contribution in [-0.4, -0.2) is 10.9 Å². The number of nitrogens with two attached hydrogens (primary N) is 1. The molecule has 0 atom stereocenters. The van der Waals surface area contributed by atoms with Gasteiger partial charge in [0.05, 0.1) is 5.69 Å². The van der Waals surface area contributed by atoms with Gasteiger partial charge in [0.15, 0.2) is 0 Å². The quantitative estimate of drug-likeness (QED) is 0.812. The zero-order valence-electron chi connectivity index (χ0n) is 11.0. The van der Waals surface area contributed by atoms with E-state index in [9.17, 15) is 4.79 Å². The molecular weight excluding hydrogens is 256 g/mol. The van der Waals surface area contributed by atoms with Crippen LogP contribution in [0.25, 0.3) is 0 Å². The summed E-state index contributed by atoms with van der Waals surface area (Å²) in [6, 6.07) is 7.40. The van der Waals surface area contributed by atoms with Crippen molar-refractivity contribution in [2.75, 3.05) is 5.32 Å². The first-order chi connectivity index (χ1) is 9.16. The SMILES string of the molecule is NC(=S)c1ccccc1NC(=O)CCC1CCCC1. The zero-order valence-corrected chi connectivity index (χ0v) is 11.8. The predicted molar refractivity (Wildman–Crippen MR) is 82.2 cm³/mol. The van der Waals surface area contributed by atoms with E-state index >= 15 is 0 Å². The Morgan fingerprint density at radius 1 is 1.32 bits per heavy atom. The maximum absolute atomic E-state index is 11.9. The topological polar surface area (TPSA) is 55.1 Å². The number of nitrogens with one attached hydrogen (secondary N) is 1. The summed E-state index contributed by atoms with van der Waals surface area (Å²) in [5.74, 6) is 0.784. The summed E-state index contributed by atoms with van der Waals surface area (Å²) in [4.78, 5) is 12.3. The monoisotopic (exact) mass is 276 g/mol. The molecule has 0 saturated heterocycles. The Labute approximate surface area is 119 Å². The van der Waals surface area contributed by atoms with E-state index in [0.29, 0.717) is 17.1 Å². The first-order valence-electron chi connectivity index (χ1n) is 6.85. The molecule has 1 aromatic rings. The van der Waals surface area contributed by atoms with Gasteiger partial charge < -0.3 is 11.1 Å². The van der Waals surface area contributed by atoms with Crippen molar-refractivity contribution in [2.45, 2.75) is 38.5 Å². The molecule has 3 nitrogen and oxygen atoms in total. The molecule has 19 heavy (non-hydrogen) atoms. The molecule has 3 N–H and O–H groups in total. The highest BCUT2D eigenvalue weighted by molar-refractivity contribution is 7.80. The third-order valence-electron chi connectivity index (χ3n) is 3.72. The maximum Gasteiger partial charge on any atom is 0.224 e. The number of carbonyl (C=O) groups excluding carboxylic acids is 1. The number of para-hydroxylation sites is 1. The number of carbonyl (C=O) groups is 1. The summed E-state index contributed by atoms with van der Waals surface area (Å²) in [5, 5.41) is 2.91. The minimum absolute atomic E-state index is 0.0515. The second-order valence-electron chi connectivity index (χ2n) is 5.15. The Hall–Kier alpha value is -1.42. The zero-order chi connectivity index (χ0) is 13.7. The average molecular weight is 276 g/mol. The molecule has 4 heteroatoms. The summed E-state index contributed by atoms with van der Waals surface area (Å²) in [6.45, 7) is 0. The first-order valence-corrected chi connectivity index (χ1v) is 7.26. The summed E-state index contributed by atoms with van der Waals surface area (Å²) in [6.07, 6.45) is 6.75. The third-order valence-corrected chi connectivity index (χ3v) is 3.94. The fourth-order valence-corrected chi connectivity index (χ4v) is 2.83. The van der Waals surface area contributed by atoms with Gasteiger partial charge in [0, 0.05) is 12.0 Å². The van der Waals surface area contributed by atoms with Crippen molar-refractivity contribution < 1.29 is 4.79 Å². The van der Waals surface area contributed by atoms with Gasteiger partial charge in [0.2, 0.25) is 5.91 Å². The lowest BCUT2D eigenvalue weighted by Crippen LogP contribution is -2.17. The Morgan fingerprint density at radius 3 is 2.68 bits per heavy atom. The molecule has 102 valence electrons. The minimum Gasteiger partial charge on any atom is -0.389 e. The number of benzene rings is 1. The molecule has 1 amide bonds. The van der Waals surface area contributed by atoms with Crippen molar-refractivity contribution in [3.63, 3.8) is 0 Å². The van der Waals surface area contributed by atoms with E-state index in [4.69, 9.17) is 18.0 Å². The molecule has 0 aromatic heterocycles. The first kappa shape index (κ1) is 14.0. The van der Waals surface area contributed by atoms with Crippen LogP contribution in [0.1, 0.15) is 44.1 Å². The minimum atomic E-state index is 0.0515. The van der Waals surface area contributed by atoms with Gasteiger partial charge in [-0.05, 0) is 24.5 Å². The molecule has 0 aliphatic heterocycles. The lowest BCUT2D eigenvalue weighted by molar-refractivity contribution is -0.116. The van der Waals surface area contributed by atoms with Crippen molar-refractivity contribution in [1.82, 2.24) is 0 Å². The summed E-state index contributed by atoms with van der Waals surface area (Å²) < 4.78 is 0. The largest absolute Gasteiger partial charge is 0.389 e. The molecule has 1 aliphatic carbocycles. The number of hydrogen-bond donors (Lipinski definition) is 2. The van der Waals surface area contributed by atoms with Crippen LogP contribution in [0.4, 0.5) is 5.69 Å². The maximum atomic E-state index is 11.9. The van der Waals surface area contributed by atoms with Crippen LogP contribution in [0.2, 0.25) is 0 Å². The van der Waals surface area contributed by atoms with Crippen LogP contribution < -0.4 is 11.1 Å². The molecule has 1 saturated carbocycles. The summed E-state index contributed by atoms with van der Waals surface area (Å²) in [5.41, 5.74) is 7.09. The van der Waals surface area contributed by atoms with E-state index in [1.54, 1.807) is 0 Å². The molecule has 0 spiro atoms. The van der Waals surface area contributed by atoms with Crippen LogP contribution >= 0.6 is 12.2 Å². The Kier molecular flexibility index (Phi) is 4.91. The van der Waals surface area contributed by atoms with Crippen LogP contribution in [0.5, 0.6) is 0 Å². The molecule has 1 fully saturated rings. The molecule has 0 heterocycles. The highest BCUT2D eigenvalue weighted by Gasteiger charge is 2.16. The van der Waals surface area contributed by atoms with Gasteiger partial charge >= 0.3 is 0 Å². The van der Waals surface area contributed by atoms with E-state index in [0.717, 1.165) is 17.9 Å². The van der Waals surface area contributed by atoms with Gasteiger partial charge in [-0.1, -0.05) is 50.0 Å². The van der Waals surface area contributed by atoms with Gasteiger partial charge in [-0.2, -0.15) is 0 Å². The predicted octanol–water partition coefficient (Wildman–Crippen LogP) is 3.23. The average Bonchev–Trinajstić information content (AvgIpc) is 2.90. The Bertz CT molecular complexity index is 467. The second-order valence-corrected chi connectivity index (χ2v) is 5.59. The molecule has 0 radical (unpaired) electrons. The van der Waals surface area contributed by atoms with Gasteiger partial charge in [-0.3, -0.25) is 4.79 Å². The van der Waals surface area contributed by atoms with E-state index in [2.05, 4.69) is 5.32 Å². The number of hydrogen-bond acceptors (Lipinski definition) is 2. The normalized spacial score (nSPS) is 15.4. The standard InChI is InChI=1S/C15H20N2OS/c16-15(19)12-7-3-4-8-13(12)17-14(18)10-9-11-5-1-2-6-11/h3-4,7-8,11H,1-2,5-6,9-10H2,(H2,16,19)(H,17,18). The molecule has 0 unspecified atom stereocenters. The fraction of sp³-hybridized carbons (Fsp3) is 0.467. The van der Waals surface area contributed by atoms with Crippen molar-refractivity contribution in [3.05, 3.63) is 29.8 Å². The summed E-state index contributed by atoms with van der Waals surface area (Å²) in [7, 11) is 0. The van der Waals surface area contributed by atoms with E-state index in [1.165, 1.54) is 25.7 Å². The van der Waals surface area contributed by atoms with Gasteiger partial charge in [-0.15, -0.1) is 0 Å². The van der Waals surface area contributed by atoms with Gasteiger partial charge in [-0.25, -0.2) is 0 Å². The van der Waals surface area contributed by atoms with Gasteiger partial charge in [0.1, 0.15) is 4.99 Å². The van der Waals surface area contributed by atoms with Crippen molar-refractivity contribution in [1.29, 1.82) is 0 Å². The van der Waals surface area contributed by atoms with Crippen LogP contribution in [-0.2, 0) is 4.79 Å². The number of rotatable bonds is 5. The Balaban J connectivity index is 1.89. The van der Waals surface area contributed by atoms with Crippen LogP contribution in [0, 0.1) is 5.92 Å². The van der Waals surface area contributed by atoms with Crippen molar-refractivity contribution in [2.24, 2.45) is 11.7 Å². The Morgan fingerprint density at radius 2 is 2.00 bits per heavy atom. The molecule has 1 aromatic carbocycles. The molecular formula is C15H20N2OS. The highest BCUT2D eigenvalue weighted by Crippen LogP contribution is 2.28. The van der Waals surface area contributed by atoms with Crippen molar-refractivity contribution in [3.8, 4) is 0 Å². The van der Waals surface area contributed by atoms with E-state index in [-0.39, 0.29) is 5.91 Å². The smallest absolute Gasteiger partial charge is 0.224 e. The van der Waals surface area contributed by atoms with Crippen LogP contribution in [0.3, 0.4) is 0 Å². The summed E-state index contributed by atoms with van der Waals surface area (Å²) >= 11 is 4.98. The highest BCUT2D eigenvalue weighted by atomic mass is 32.1. The lowest BCUT2D eigenvalue weighted by atomic mass is 10.0. The molecule has 0 bridgehead atoms.